The molecule has 0 aliphatic heterocycles. The van der Waals surface area contributed by atoms with E-state index in [4.69, 9.17) is 0 Å². The number of hydrogen-bond donors (Lipinski definition) is 0. The second kappa shape index (κ2) is 5.26. The van der Waals surface area contributed by atoms with Gasteiger partial charge in [-0.3, -0.25) is 0 Å². The molecule has 20 heavy (non-hydrogen) atoms. The van der Waals surface area contributed by atoms with Gasteiger partial charge in [-0.15, -0.1) is 11.3 Å². The minimum Gasteiger partial charge on any atom is -0.378 e. The van der Waals surface area contributed by atoms with Gasteiger partial charge < -0.3 is 4.90 Å². The van der Waals surface area contributed by atoms with Gasteiger partial charge in [0.1, 0.15) is 16.0 Å². The number of benzene rings is 1. The van der Waals surface area contributed by atoms with Gasteiger partial charge in [-0.25, -0.2) is 4.98 Å². The first kappa shape index (κ1) is 14.5. The highest BCUT2D eigenvalue weighted by Crippen LogP contribution is 2.34. The van der Waals surface area contributed by atoms with Gasteiger partial charge in [-0.2, -0.15) is 5.26 Å². The molecule has 2 aromatic rings. The Bertz CT molecular complexity index is 640. The maximum absolute atomic E-state index is 9.27. The van der Waals surface area contributed by atoms with Crippen molar-refractivity contribution in [3.05, 3.63) is 34.8 Å². The summed E-state index contributed by atoms with van der Waals surface area (Å²) in [7, 11) is 4.04. The van der Waals surface area contributed by atoms with Crippen molar-refractivity contribution in [1.82, 2.24) is 4.98 Å². The van der Waals surface area contributed by atoms with E-state index in [1.165, 1.54) is 11.3 Å². The van der Waals surface area contributed by atoms with E-state index in [0.717, 1.165) is 22.0 Å². The summed E-state index contributed by atoms with van der Waals surface area (Å²) in [6.07, 6.45) is 0. The average molecular weight is 285 g/mol. The molecule has 104 valence electrons. The van der Waals surface area contributed by atoms with Gasteiger partial charge in [-0.05, 0) is 24.3 Å². The zero-order chi connectivity index (χ0) is 14.9. The Balaban J connectivity index is 2.44. The third kappa shape index (κ3) is 2.83. The van der Waals surface area contributed by atoms with Gasteiger partial charge in [0.05, 0.1) is 5.69 Å². The van der Waals surface area contributed by atoms with Gasteiger partial charge in [0.15, 0.2) is 0 Å². The predicted octanol–water partition coefficient (Wildman–Crippen LogP) is 4.05. The molecule has 0 spiro atoms. The molecular weight excluding hydrogens is 266 g/mol. The van der Waals surface area contributed by atoms with Crippen LogP contribution in [0.3, 0.4) is 0 Å². The zero-order valence-electron chi connectivity index (χ0n) is 12.6. The van der Waals surface area contributed by atoms with Crippen LogP contribution in [0.5, 0.6) is 0 Å². The Morgan fingerprint density at radius 1 is 1.15 bits per heavy atom. The highest BCUT2D eigenvalue weighted by Gasteiger charge is 2.23. The first-order chi connectivity index (χ1) is 9.32. The molecule has 1 aromatic carbocycles. The monoisotopic (exact) mass is 285 g/mol. The fourth-order valence-corrected chi connectivity index (χ4v) is 3.01. The summed E-state index contributed by atoms with van der Waals surface area (Å²) in [5.41, 5.74) is 3.00. The zero-order valence-corrected chi connectivity index (χ0v) is 13.4. The van der Waals surface area contributed by atoms with E-state index >= 15 is 0 Å². The minimum absolute atomic E-state index is 0.108. The Kier molecular flexibility index (Phi) is 3.82. The van der Waals surface area contributed by atoms with Crippen LogP contribution in [0.4, 0.5) is 5.69 Å². The summed E-state index contributed by atoms with van der Waals surface area (Å²) < 4.78 is 0. The average Bonchev–Trinajstić information content (AvgIpc) is 2.83. The van der Waals surface area contributed by atoms with Crippen molar-refractivity contribution in [3.63, 3.8) is 0 Å². The molecule has 0 bridgehead atoms. The Labute approximate surface area is 124 Å². The fraction of sp³-hybridized carbons (Fsp3) is 0.375. The number of aromatic nitrogens is 1. The van der Waals surface area contributed by atoms with Crippen molar-refractivity contribution < 1.29 is 0 Å². The molecule has 0 radical (unpaired) electrons. The van der Waals surface area contributed by atoms with Crippen LogP contribution >= 0.6 is 11.3 Å². The van der Waals surface area contributed by atoms with Crippen LogP contribution < -0.4 is 4.90 Å². The van der Waals surface area contributed by atoms with E-state index in [9.17, 15) is 5.26 Å². The minimum atomic E-state index is -0.108. The molecular formula is C16H19N3S. The summed E-state index contributed by atoms with van der Waals surface area (Å²) in [6.45, 7) is 6.26. The first-order valence-corrected chi connectivity index (χ1v) is 7.33. The van der Waals surface area contributed by atoms with Crippen molar-refractivity contribution in [1.29, 1.82) is 5.26 Å². The van der Waals surface area contributed by atoms with E-state index in [1.807, 2.05) is 14.1 Å². The standard InChI is InChI=1S/C16H19N3S/c1-16(2,3)14-13(10-17)20-15(18-14)11-6-8-12(9-7-11)19(4)5/h6-9H,1-5H3. The molecule has 1 aromatic heterocycles. The molecule has 0 atom stereocenters. The van der Waals surface area contributed by atoms with E-state index < -0.39 is 0 Å². The van der Waals surface area contributed by atoms with Crippen molar-refractivity contribution in [2.24, 2.45) is 0 Å². The van der Waals surface area contributed by atoms with Crippen molar-refractivity contribution in [3.8, 4) is 16.6 Å². The third-order valence-corrected chi connectivity index (χ3v) is 4.08. The summed E-state index contributed by atoms with van der Waals surface area (Å²) >= 11 is 1.47. The van der Waals surface area contributed by atoms with Crippen LogP contribution in [0.2, 0.25) is 0 Å². The normalized spacial score (nSPS) is 11.2. The summed E-state index contributed by atoms with van der Waals surface area (Å²) in [5, 5.41) is 10.2. The van der Waals surface area contributed by atoms with Gasteiger partial charge in [0.25, 0.3) is 0 Å². The lowest BCUT2D eigenvalue weighted by Gasteiger charge is -2.15. The van der Waals surface area contributed by atoms with Crippen LogP contribution in [0, 0.1) is 11.3 Å². The third-order valence-electron chi connectivity index (χ3n) is 3.07. The molecule has 2 rings (SSSR count). The summed E-state index contributed by atoms with van der Waals surface area (Å²) in [6, 6.07) is 10.5. The van der Waals surface area contributed by atoms with Crippen LogP contribution in [-0.2, 0) is 5.41 Å². The van der Waals surface area contributed by atoms with E-state index in [-0.39, 0.29) is 5.41 Å². The second-order valence-electron chi connectivity index (χ2n) is 6.00. The van der Waals surface area contributed by atoms with Gasteiger partial charge in [0, 0.05) is 30.8 Å². The van der Waals surface area contributed by atoms with Crippen molar-refractivity contribution in [2.75, 3.05) is 19.0 Å². The van der Waals surface area contributed by atoms with Gasteiger partial charge in [0.2, 0.25) is 0 Å². The Morgan fingerprint density at radius 2 is 1.75 bits per heavy atom. The number of rotatable bonds is 2. The summed E-state index contributed by atoms with van der Waals surface area (Å²) in [5.74, 6) is 0. The number of nitriles is 1. The second-order valence-corrected chi connectivity index (χ2v) is 7.00. The van der Waals surface area contributed by atoms with E-state index in [0.29, 0.717) is 4.88 Å². The van der Waals surface area contributed by atoms with Crippen molar-refractivity contribution in [2.45, 2.75) is 26.2 Å². The molecule has 0 aliphatic carbocycles. The molecule has 3 nitrogen and oxygen atoms in total. The summed E-state index contributed by atoms with van der Waals surface area (Å²) in [4.78, 5) is 7.45. The lowest BCUT2D eigenvalue weighted by Crippen LogP contribution is -2.13. The molecule has 0 aliphatic rings. The Hall–Kier alpha value is -1.86. The van der Waals surface area contributed by atoms with Crippen LogP contribution in [-0.4, -0.2) is 19.1 Å². The molecule has 1 heterocycles. The topological polar surface area (TPSA) is 39.9 Å². The van der Waals surface area contributed by atoms with E-state index in [1.54, 1.807) is 0 Å². The molecule has 0 unspecified atom stereocenters. The molecule has 0 saturated heterocycles. The maximum atomic E-state index is 9.27. The van der Waals surface area contributed by atoms with Crippen LogP contribution in [0.15, 0.2) is 24.3 Å². The number of hydrogen-bond acceptors (Lipinski definition) is 4. The first-order valence-electron chi connectivity index (χ1n) is 6.52. The largest absolute Gasteiger partial charge is 0.378 e. The Morgan fingerprint density at radius 3 is 2.15 bits per heavy atom. The highest BCUT2D eigenvalue weighted by atomic mass is 32.1. The van der Waals surface area contributed by atoms with Gasteiger partial charge in [-0.1, -0.05) is 20.8 Å². The highest BCUT2D eigenvalue weighted by molar-refractivity contribution is 7.15. The lowest BCUT2D eigenvalue weighted by atomic mass is 9.91. The van der Waals surface area contributed by atoms with Crippen LogP contribution in [0.1, 0.15) is 31.3 Å². The molecule has 4 heteroatoms. The predicted molar refractivity (Wildman–Crippen MR) is 85.3 cm³/mol. The molecule has 0 saturated carbocycles. The quantitative estimate of drug-likeness (QED) is 0.836. The number of thiazole rings is 1. The molecule has 0 fully saturated rings. The lowest BCUT2D eigenvalue weighted by molar-refractivity contribution is 0.572. The van der Waals surface area contributed by atoms with Gasteiger partial charge >= 0.3 is 0 Å². The molecule has 0 N–H and O–H groups in total. The van der Waals surface area contributed by atoms with Crippen molar-refractivity contribution >= 4 is 17.0 Å². The number of nitrogens with zero attached hydrogens (tertiary/aromatic N) is 3. The SMILES string of the molecule is CN(C)c1ccc(-c2nc(C(C)(C)C)c(C#N)s2)cc1. The fourth-order valence-electron chi connectivity index (χ4n) is 1.93. The van der Waals surface area contributed by atoms with E-state index in [2.05, 4.69) is 61.0 Å². The maximum Gasteiger partial charge on any atom is 0.128 e. The number of anilines is 1. The molecule has 0 amide bonds. The smallest absolute Gasteiger partial charge is 0.128 e. The van der Waals surface area contributed by atoms with Crippen LogP contribution in [0.25, 0.3) is 10.6 Å².